The fourth-order valence-corrected chi connectivity index (χ4v) is 3.80. The molecule has 28 heavy (non-hydrogen) atoms. The summed E-state index contributed by atoms with van der Waals surface area (Å²) in [6.07, 6.45) is 0. The van der Waals surface area contributed by atoms with Gasteiger partial charge in [0.15, 0.2) is 0 Å². The van der Waals surface area contributed by atoms with E-state index in [2.05, 4.69) is 10.0 Å². The maximum atomic E-state index is 13.3. The van der Waals surface area contributed by atoms with Gasteiger partial charge in [0.25, 0.3) is 15.9 Å². The summed E-state index contributed by atoms with van der Waals surface area (Å²) in [6.45, 7) is 3.52. The number of hydrogen-bond donors (Lipinski definition) is 2. The van der Waals surface area contributed by atoms with Crippen LogP contribution in [0.4, 0.5) is 15.8 Å². The summed E-state index contributed by atoms with van der Waals surface area (Å²) in [6, 6.07) is 16.8. The van der Waals surface area contributed by atoms with E-state index in [0.717, 1.165) is 5.56 Å². The van der Waals surface area contributed by atoms with Crippen LogP contribution in [0.1, 0.15) is 21.5 Å². The van der Waals surface area contributed by atoms with Crippen LogP contribution in [0.5, 0.6) is 0 Å². The van der Waals surface area contributed by atoms with E-state index in [1.165, 1.54) is 30.3 Å². The number of aryl methyl sites for hydroxylation is 1. The molecule has 0 aliphatic carbocycles. The molecule has 0 saturated heterocycles. The molecule has 0 heterocycles. The van der Waals surface area contributed by atoms with E-state index in [1.54, 1.807) is 43.3 Å². The predicted octanol–water partition coefficient (Wildman–Crippen LogP) is 4.50. The highest BCUT2D eigenvalue weighted by atomic mass is 32.2. The first-order valence-corrected chi connectivity index (χ1v) is 10.0. The van der Waals surface area contributed by atoms with E-state index >= 15 is 0 Å². The highest BCUT2D eigenvalue weighted by Crippen LogP contribution is 2.24. The Bertz CT molecular complexity index is 1130. The number of nitrogens with one attached hydrogen (secondary N) is 2. The molecule has 5 nitrogen and oxygen atoms in total. The van der Waals surface area contributed by atoms with Crippen molar-refractivity contribution < 1.29 is 17.6 Å². The summed E-state index contributed by atoms with van der Waals surface area (Å²) < 4.78 is 41.1. The predicted molar refractivity (Wildman–Crippen MR) is 108 cm³/mol. The van der Waals surface area contributed by atoms with E-state index in [9.17, 15) is 17.6 Å². The average molecular weight is 398 g/mol. The van der Waals surface area contributed by atoms with Crippen LogP contribution in [0.25, 0.3) is 0 Å². The molecule has 0 atom stereocenters. The number of benzene rings is 3. The molecule has 0 unspecified atom stereocenters. The van der Waals surface area contributed by atoms with Gasteiger partial charge in [0.2, 0.25) is 0 Å². The number of carbonyl (C=O) groups is 1. The summed E-state index contributed by atoms with van der Waals surface area (Å²) in [5, 5.41) is 2.61. The Morgan fingerprint density at radius 1 is 0.929 bits per heavy atom. The number of amides is 1. The molecular weight excluding hydrogens is 379 g/mol. The molecule has 0 saturated carbocycles. The van der Waals surface area contributed by atoms with Crippen molar-refractivity contribution in [1.82, 2.24) is 0 Å². The molecule has 7 heteroatoms. The Labute approximate surface area is 163 Å². The highest BCUT2D eigenvalue weighted by Gasteiger charge is 2.18. The van der Waals surface area contributed by atoms with Crippen LogP contribution in [-0.4, -0.2) is 14.3 Å². The van der Waals surface area contributed by atoms with Crippen molar-refractivity contribution in [2.75, 3.05) is 10.0 Å². The van der Waals surface area contributed by atoms with E-state index in [4.69, 9.17) is 0 Å². The number of anilines is 2. The summed E-state index contributed by atoms with van der Waals surface area (Å²) in [5.41, 5.74) is 2.31. The third kappa shape index (κ3) is 4.37. The Morgan fingerprint density at radius 3 is 2.29 bits per heavy atom. The minimum absolute atomic E-state index is 0.132. The van der Waals surface area contributed by atoms with Gasteiger partial charge in [0.1, 0.15) is 5.82 Å². The van der Waals surface area contributed by atoms with Gasteiger partial charge in [-0.15, -0.1) is 0 Å². The molecular formula is C21H19FN2O3S. The van der Waals surface area contributed by atoms with Crippen LogP contribution in [0, 0.1) is 19.7 Å². The molecule has 0 aromatic heterocycles. The lowest BCUT2D eigenvalue weighted by atomic mass is 10.1. The molecule has 3 rings (SSSR count). The fourth-order valence-electron chi connectivity index (χ4n) is 2.68. The Morgan fingerprint density at radius 2 is 1.61 bits per heavy atom. The number of carbonyl (C=O) groups excluding carboxylic acids is 1. The van der Waals surface area contributed by atoms with Gasteiger partial charge in [-0.3, -0.25) is 9.52 Å². The molecule has 144 valence electrons. The zero-order chi connectivity index (χ0) is 20.3. The van der Waals surface area contributed by atoms with Crippen molar-refractivity contribution in [2.45, 2.75) is 18.7 Å². The van der Waals surface area contributed by atoms with Gasteiger partial charge in [-0.05, 0) is 61.9 Å². The first-order valence-electron chi connectivity index (χ1n) is 8.52. The van der Waals surface area contributed by atoms with E-state index in [1.807, 2.05) is 6.92 Å². The minimum atomic E-state index is -3.79. The van der Waals surface area contributed by atoms with Crippen molar-refractivity contribution in [2.24, 2.45) is 0 Å². The standard InChI is InChI=1S/C21H19FN2O3S/c1-14-9-11-18(12-10-14)28(26,27)24-20-8-4-7-19(15(20)2)21(25)23-17-6-3-5-16(22)13-17/h3-13,24H,1-2H3,(H,23,25). The SMILES string of the molecule is Cc1ccc(S(=O)(=O)Nc2cccc(C(=O)Nc3cccc(F)c3)c2C)cc1. The molecule has 3 aromatic rings. The molecule has 0 radical (unpaired) electrons. The zero-order valence-corrected chi connectivity index (χ0v) is 16.2. The lowest BCUT2D eigenvalue weighted by Gasteiger charge is -2.14. The number of sulfonamides is 1. The van der Waals surface area contributed by atoms with Gasteiger partial charge in [-0.25, -0.2) is 12.8 Å². The topological polar surface area (TPSA) is 75.3 Å². The Balaban J connectivity index is 1.86. The van der Waals surface area contributed by atoms with E-state index in [-0.39, 0.29) is 10.5 Å². The quantitative estimate of drug-likeness (QED) is 0.665. The van der Waals surface area contributed by atoms with Crippen molar-refractivity contribution in [3.05, 3.63) is 89.2 Å². The van der Waals surface area contributed by atoms with Crippen LogP contribution < -0.4 is 10.0 Å². The second-order valence-electron chi connectivity index (χ2n) is 6.36. The molecule has 3 aromatic carbocycles. The first kappa shape index (κ1) is 19.6. The van der Waals surface area contributed by atoms with Crippen molar-refractivity contribution >= 4 is 27.3 Å². The lowest BCUT2D eigenvalue weighted by molar-refractivity contribution is 0.102. The Kier molecular flexibility index (Phi) is 5.46. The number of hydrogen-bond acceptors (Lipinski definition) is 3. The van der Waals surface area contributed by atoms with Crippen molar-refractivity contribution in [3.63, 3.8) is 0 Å². The van der Waals surface area contributed by atoms with E-state index < -0.39 is 21.7 Å². The smallest absolute Gasteiger partial charge is 0.261 e. The zero-order valence-electron chi connectivity index (χ0n) is 15.4. The van der Waals surface area contributed by atoms with Crippen LogP contribution in [-0.2, 0) is 10.0 Å². The third-order valence-corrected chi connectivity index (χ3v) is 5.62. The number of halogens is 1. The molecule has 0 bridgehead atoms. The van der Waals surface area contributed by atoms with Crippen molar-refractivity contribution in [1.29, 1.82) is 0 Å². The summed E-state index contributed by atoms with van der Waals surface area (Å²) in [5.74, 6) is -0.923. The summed E-state index contributed by atoms with van der Waals surface area (Å²) >= 11 is 0. The molecule has 0 spiro atoms. The normalized spacial score (nSPS) is 11.1. The molecule has 2 N–H and O–H groups in total. The first-order chi connectivity index (χ1) is 13.3. The van der Waals surface area contributed by atoms with Gasteiger partial charge in [-0.2, -0.15) is 0 Å². The van der Waals surface area contributed by atoms with Crippen LogP contribution >= 0.6 is 0 Å². The van der Waals surface area contributed by atoms with Crippen molar-refractivity contribution in [3.8, 4) is 0 Å². The second kappa shape index (κ2) is 7.82. The third-order valence-electron chi connectivity index (χ3n) is 4.24. The highest BCUT2D eigenvalue weighted by molar-refractivity contribution is 7.92. The van der Waals surface area contributed by atoms with Gasteiger partial charge in [0.05, 0.1) is 10.6 Å². The lowest BCUT2D eigenvalue weighted by Crippen LogP contribution is -2.17. The van der Waals surface area contributed by atoms with Gasteiger partial charge in [0, 0.05) is 11.3 Å². The number of rotatable bonds is 5. The molecule has 0 fully saturated rings. The average Bonchev–Trinajstić information content (AvgIpc) is 2.63. The summed E-state index contributed by atoms with van der Waals surface area (Å²) in [7, 11) is -3.79. The second-order valence-corrected chi connectivity index (χ2v) is 8.04. The summed E-state index contributed by atoms with van der Waals surface area (Å²) in [4.78, 5) is 12.7. The maximum absolute atomic E-state index is 13.3. The minimum Gasteiger partial charge on any atom is -0.322 e. The molecule has 0 aliphatic rings. The monoisotopic (exact) mass is 398 g/mol. The van der Waals surface area contributed by atoms with E-state index in [0.29, 0.717) is 16.9 Å². The van der Waals surface area contributed by atoms with Gasteiger partial charge >= 0.3 is 0 Å². The largest absolute Gasteiger partial charge is 0.322 e. The maximum Gasteiger partial charge on any atom is 0.261 e. The molecule has 0 aliphatic heterocycles. The Hall–Kier alpha value is -3.19. The van der Waals surface area contributed by atoms with Gasteiger partial charge < -0.3 is 5.32 Å². The molecule has 1 amide bonds. The van der Waals surface area contributed by atoms with Crippen LogP contribution in [0.2, 0.25) is 0 Å². The van der Waals surface area contributed by atoms with Crippen LogP contribution in [0.15, 0.2) is 71.6 Å². The fraction of sp³-hybridized carbons (Fsp3) is 0.0952. The van der Waals surface area contributed by atoms with Crippen LogP contribution in [0.3, 0.4) is 0 Å². The van der Waals surface area contributed by atoms with Gasteiger partial charge in [-0.1, -0.05) is 29.8 Å².